The first-order valence-corrected chi connectivity index (χ1v) is 9.14. The maximum atomic E-state index is 4.30. The number of H-pyrrole nitrogens is 1. The number of benzene rings is 1. The summed E-state index contributed by atoms with van der Waals surface area (Å²) in [5.74, 6) is 0.854. The first-order chi connectivity index (χ1) is 12.7. The lowest BCUT2D eigenvalue weighted by Crippen LogP contribution is -2.38. The van der Waals surface area contributed by atoms with Gasteiger partial charge >= 0.3 is 0 Å². The summed E-state index contributed by atoms with van der Waals surface area (Å²) in [6.45, 7) is 3.86. The number of aromatic nitrogens is 3. The summed E-state index contributed by atoms with van der Waals surface area (Å²) < 4.78 is 1.84. The van der Waals surface area contributed by atoms with Crippen molar-refractivity contribution in [2.75, 3.05) is 20.1 Å². The predicted molar refractivity (Wildman–Crippen MR) is 108 cm³/mol. The van der Waals surface area contributed by atoms with Crippen molar-refractivity contribution in [2.24, 2.45) is 12.0 Å². The van der Waals surface area contributed by atoms with Gasteiger partial charge in [-0.3, -0.25) is 9.67 Å². The summed E-state index contributed by atoms with van der Waals surface area (Å²) in [6.07, 6.45) is 9.13. The highest BCUT2D eigenvalue weighted by atomic mass is 15.2. The molecule has 0 aliphatic heterocycles. The van der Waals surface area contributed by atoms with E-state index >= 15 is 0 Å². The fourth-order valence-corrected chi connectivity index (χ4v) is 3.14. The molecule has 0 amide bonds. The van der Waals surface area contributed by atoms with E-state index in [0.717, 1.165) is 38.3 Å². The van der Waals surface area contributed by atoms with Gasteiger partial charge in [0.1, 0.15) is 0 Å². The van der Waals surface area contributed by atoms with Crippen LogP contribution in [0.1, 0.15) is 23.1 Å². The fourth-order valence-electron chi connectivity index (χ4n) is 3.14. The Morgan fingerprint density at radius 2 is 2.08 bits per heavy atom. The van der Waals surface area contributed by atoms with Crippen molar-refractivity contribution in [1.29, 1.82) is 0 Å². The molecule has 3 aromatic rings. The molecule has 0 unspecified atom stereocenters. The van der Waals surface area contributed by atoms with Gasteiger partial charge in [-0.15, -0.1) is 0 Å². The van der Waals surface area contributed by atoms with E-state index in [1.807, 2.05) is 25.0 Å². The standard InChI is InChI=1S/C20H28N6/c1-15-6-7-18-17(13-24-19(18)11-15)8-10-23-20(21-2)22-9-4-5-16-12-25-26(3)14-16/h6-7,11-14,24H,4-5,8-10H2,1-3H3,(H2,21,22,23). The molecular formula is C20H28N6. The zero-order valence-corrected chi connectivity index (χ0v) is 15.8. The molecule has 0 spiro atoms. The third-order valence-electron chi connectivity index (χ3n) is 4.53. The van der Waals surface area contributed by atoms with Crippen LogP contribution in [0.25, 0.3) is 10.9 Å². The van der Waals surface area contributed by atoms with E-state index in [1.54, 1.807) is 0 Å². The molecule has 2 aromatic heterocycles. The third-order valence-corrected chi connectivity index (χ3v) is 4.53. The van der Waals surface area contributed by atoms with Crippen LogP contribution in [0.4, 0.5) is 0 Å². The minimum atomic E-state index is 0.850. The Hall–Kier alpha value is -2.76. The van der Waals surface area contributed by atoms with Crippen molar-refractivity contribution in [1.82, 2.24) is 25.4 Å². The molecule has 1 aromatic carbocycles. The molecule has 0 saturated heterocycles. The molecule has 26 heavy (non-hydrogen) atoms. The average molecular weight is 352 g/mol. The Morgan fingerprint density at radius 1 is 1.23 bits per heavy atom. The number of aromatic amines is 1. The third kappa shape index (κ3) is 4.65. The van der Waals surface area contributed by atoms with Crippen LogP contribution in [0.15, 0.2) is 41.8 Å². The number of hydrogen-bond acceptors (Lipinski definition) is 2. The van der Waals surface area contributed by atoms with Crippen molar-refractivity contribution in [3.8, 4) is 0 Å². The quantitative estimate of drug-likeness (QED) is 0.348. The van der Waals surface area contributed by atoms with E-state index in [9.17, 15) is 0 Å². The first-order valence-electron chi connectivity index (χ1n) is 9.14. The Balaban J connectivity index is 1.41. The molecule has 0 bridgehead atoms. The molecule has 2 heterocycles. The van der Waals surface area contributed by atoms with E-state index in [2.05, 4.69) is 63.2 Å². The molecule has 0 radical (unpaired) electrons. The number of nitrogens with zero attached hydrogens (tertiary/aromatic N) is 3. The Kier molecular flexibility index (Phi) is 5.94. The van der Waals surface area contributed by atoms with Crippen LogP contribution < -0.4 is 10.6 Å². The maximum absolute atomic E-state index is 4.30. The molecule has 6 heteroatoms. The fraction of sp³-hybridized carbons (Fsp3) is 0.400. The van der Waals surface area contributed by atoms with Crippen LogP contribution >= 0.6 is 0 Å². The molecule has 0 fully saturated rings. The van der Waals surface area contributed by atoms with Crippen molar-refractivity contribution in [3.63, 3.8) is 0 Å². The number of aliphatic imine (C=N–C) groups is 1. The number of aryl methyl sites for hydroxylation is 3. The second kappa shape index (κ2) is 8.56. The zero-order valence-electron chi connectivity index (χ0n) is 15.8. The van der Waals surface area contributed by atoms with Gasteiger partial charge in [-0.05, 0) is 48.9 Å². The molecule has 0 aliphatic rings. The van der Waals surface area contributed by atoms with Crippen LogP contribution in [0.3, 0.4) is 0 Å². The van der Waals surface area contributed by atoms with Gasteiger partial charge in [0.05, 0.1) is 6.20 Å². The van der Waals surface area contributed by atoms with Crippen LogP contribution in [-0.4, -0.2) is 40.9 Å². The second-order valence-corrected chi connectivity index (χ2v) is 6.66. The molecule has 0 atom stereocenters. The van der Waals surface area contributed by atoms with Gasteiger partial charge in [-0.2, -0.15) is 5.10 Å². The van der Waals surface area contributed by atoms with E-state index in [0.29, 0.717) is 0 Å². The molecule has 0 saturated carbocycles. The average Bonchev–Trinajstić information content (AvgIpc) is 3.22. The van der Waals surface area contributed by atoms with E-state index in [1.165, 1.54) is 27.6 Å². The predicted octanol–water partition coefficient (Wildman–Crippen LogP) is 2.55. The Labute approximate surface area is 154 Å². The van der Waals surface area contributed by atoms with E-state index in [-0.39, 0.29) is 0 Å². The van der Waals surface area contributed by atoms with Gasteiger partial charge in [0.15, 0.2) is 5.96 Å². The van der Waals surface area contributed by atoms with Crippen LogP contribution in [-0.2, 0) is 19.9 Å². The Morgan fingerprint density at radius 3 is 2.85 bits per heavy atom. The summed E-state index contributed by atoms with van der Waals surface area (Å²) in [5, 5.41) is 12.3. The van der Waals surface area contributed by atoms with Gasteiger partial charge < -0.3 is 15.6 Å². The monoisotopic (exact) mass is 352 g/mol. The largest absolute Gasteiger partial charge is 0.361 e. The van der Waals surface area contributed by atoms with Crippen molar-refractivity contribution >= 4 is 16.9 Å². The summed E-state index contributed by atoms with van der Waals surface area (Å²) in [7, 11) is 3.76. The van der Waals surface area contributed by atoms with Gasteiger partial charge in [0, 0.05) is 50.5 Å². The lowest BCUT2D eigenvalue weighted by atomic mass is 10.1. The number of hydrogen-bond donors (Lipinski definition) is 3. The van der Waals surface area contributed by atoms with Crippen LogP contribution in [0.2, 0.25) is 0 Å². The molecule has 138 valence electrons. The summed E-state index contributed by atoms with van der Waals surface area (Å²) in [5.41, 5.74) is 5.09. The molecular weight excluding hydrogens is 324 g/mol. The zero-order chi connectivity index (χ0) is 18.4. The van der Waals surface area contributed by atoms with E-state index in [4.69, 9.17) is 0 Å². The highest BCUT2D eigenvalue weighted by Crippen LogP contribution is 2.19. The minimum Gasteiger partial charge on any atom is -0.361 e. The molecule has 3 rings (SSSR count). The number of nitrogens with one attached hydrogen (secondary N) is 3. The lowest BCUT2D eigenvalue weighted by molar-refractivity contribution is 0.737. The van der Waals surface area contributed by atoms with Crippen molar-refractivity contribution in [3.05, 3.63) is 53.5 Å². The van der Waals surface area contributed by atoms with Crippen molar-refractivity contribution in [2.45, 2.75) is 26.2 Å². The summed E-state index contributed by atoms with van der Waals surface area (Å²) in [4.78, 5) is 7.66. The molecule has 3 N–H and O–H groups in total. The van der Waals surface area contributed by atoms with Crippen LogP contribution in [0, 0.1) is 6.92 Å². The van der Waals surface area contributed by atoms with Gasteiger partial charge in [0.2, 0.25) is 0 Å². The minimum absolute atomic E-state index is 0.850. The molecule has 6 nitrogen and oxygen atoms in total. The lowest BCUT2D eigenvalue weighted by Gasteiger charge is -2.11. The highest BCUT2D eigenvalue weighted by molar-refractivity contribution is 5.84. The Bertz CT molecular complexity index is 873. The topological polar surface area (TPSA) is 70.0 Å². The van der Waals surface area contributed by atoms with Gasteiger partial charge in [-0.25, -0.2) is 0 Å². The molecule has 0 aliphatic carbocycles. The summed E-state index contributed by atoms with van der Waals surface area (Å²) in [6, 6.07) is 6.55. The number of rotatable bonds is 7. The first kappa shape index (κ1) is 18.0. The second-order valence-electron chi connectivity index (χ2n) is 6.66. The normalized spacial score (nSPS) is 11.9. The van der Waals surface area contributed by atoms with Crippen LogP contribution in [0.5, 0.6) is 0 Å². The highest BCUT2D eigenvalue weighted by Gasteiger charge is 2.04. The number of guanidine groups is 1. The van der Waals surface area contributed by atoms with E-state index < -0.39 is 0 Å². The smallest absolute Gasteiger partial charge is 0.190 e. The summed E-state index contributed by atoms with van der Waals surface area (Å²) >= 11 is 0. The number of fused-ring (bicyclic) bond motifs is 1. The maximum Gasteiger partial charge on any atom is 0.190 e. The van der Waals surface area contributed by atoms with Gasteiger partial charge in [0.25, 0.3) is 0 Å². The SMILES string of the molecule is CN=C(NCCCc1cnn(C)c1)NCCc1c[nH]c2cc(C)ccc12. The van der Waals surface area contributed by atoms with Crippen molar-refractivity contribution < 1.29 is 0 Å². The van der Waals surface area contributed by atoms with Gasteiger partial charge in [-0.1, -0.05) is 12.1 Å².